The molecule has 170 valence electrons. The second kappa shape index (κ2) is 7.85. The number of fused-ring (bicyclic) bond motifs is 4. The summed E-state index contributed by atoms with van der Waals surface area (Å²) in [5.74, 6) is -0.757. The van der Waals surface area contributed by atoms with Crippen LogP contribution < -0.4 is 0 Å². The van der Waals surface area contributed by atoms with Crippen LogP contribution in [0.5, 0.6) is 0 Å². The van der Waals surface area contributed by atoms with E-state index in [-0.39, 0.29) is 11.8 Å². The van der Waals surface area contributed by atoms with Crippen LogP contribution in [0, 0.1) is 11.8 Å². The predicted octanol–water partition coefficient (Wildman–Crippen LogP) is 3.58. The summed E-state index contributed by atoms with van der Waals surface area (Å²) in [5, 5.41) is 9.26. The average Bonchev–Trinajstić information content (AvgIpc) is 3.52. The monoisotopic (exact) mass is 438 g/mol. The van der Waals surface area contributed by atoms with Crippen molar-refractivity contribution in [3.05, 3.63) is 53.1 Å². The zero-order chi connectivity index (χ0) is 22.5. The van der Waals surface area contributed by atoms with Gasteiger partial charge in [-0.3, -0.25) is 0 Å². The van der Waals surface area contributed by atoms with Gasteiger partial charge in [-0.25, -0.2) is 9.59 Å². The van der Waals surface area contributed by atoms with Crippen LogP contribution in [0.4, 0.5) is 0 Å². The van der Waals surface area contributed by atoms with Crippen LogP contribution in [0.1, 0.15) is 51.5 Å². The van der Waals surface area contributed by atoms with E-state index in [2.05, 4.69) is 6.92 Å². The molecule has 0 radical (unpaired) electrons. The van der Waals surface area contributed by atoms with E-state index in [0.717, 1.165) is 36.8 Å². The number of allylic oxidation sites excluding steroid dienone is 1. The van der Waals surface area contributed by atoms with Crippen LogP contribution in [-0.2, 0) is 23.8 Å². The van der Waals surface area contributed by atoms with Gasteiger partial charge in [0.05, 0.1) is 0 Å². The Labute approximate surface area is 188 Å². The first-order chi connectivity index (χ1) is 15.4. The molecule has 1 aromatic rings. The second-order valence-corrected chi connectivity index (χ2v) is 9.74. The van der Waals surface area contributed by atoms with Gasteiger partial charge < -0.3 is 19.3 Å². The molecule has 1 saturated carbocycles. The van der Waals surface area contributed by atoms with Crippen molar-refractivity contribution in [1.82, 2.24) is 0 Å². The highest BCUT2D eigenvalue weighted by atomic mass is 16.6. The maximum absolute atomic E-state index is 12.9. The zero-order valence-electron chi connectivity index (χ0n) is 18.6. The van der Waals surface area contributed by atoms with Crippen LogP contribution in [0.15, 0.2) is 47.6 Å². The van der Waals surface area contributed by atoms with E-state index >= 15 is 0 Å². The molecule has 5 atom stereocenters. The largest absolute Gasteiger partial charge is 0.457 e. The van der Waals surface area contributed by atoms with Crippen molar-refractivity contribution in [2.45, 2.75) is 69.4 Å². The summed E-state index contributed by atoms with van der Waals surface area (Å²) in [7, 11) is 0. The van der Waals surface area contributed by atoms with E-state index in [4.69, 9.17) is 14.2 Å². The molecule has 0 aromatic heterocycles. The Morgan fingerprint density at radius 1 is 1.19 bits per heavy atom. The van der Waals surface area contributed by atoms with Gasteiger partial charge in [-0.2, -0.15) is 0 Å². The molecule has 6 heteroatoms. The average molecular weight is 439 g/mol. The van der Waals surface area contributed by atoms with Gasteiger partial charge in [-0.1, -0.05) is 35.9 Å². The SMILES string of the molecule is CC1=C2C(CC1)C1(C)OC(C3CC3)(CC1OC(=O)CO)C2OC(=O)/C=C/c1ccccc1. The first-order valence-corrected chi connectivity index (χ1v) is 11.5. The van der Waals surface area contributed by atoms with Gasteiger partial charge in [0.15, 0.2) is 6.10 Å². The number of hydrogen-bond donors (Lipinski definition) is 1. The molecule has 2 bridgehead atoms. The fourth-order valence-corrected chi connectivity index (χ4v) is 6.13. The van der Waals surface area contributed by atoms with Gasteiger partial charge >= 0.3 is 11.9 Å². The number of benzene rings is 1. The fraction of sp³-hybridized carbons (Fsp3) is 0.538. The van der Waals surface area contributed by atoms with E-state index in [1.807, 2.05) is 37.3 Å². The summed E-state index contributed by atoms with van der Waals surface area (Å²) < 4.78 is 18.6. The van der Waals surface area contributed by atoms with Crippen molar-refractivity contribution in [3.8, 4) is 0 Å². The number of esters is 2. The minimum absolute atomic E-state index is 0.0178. The van der Waals surface area contributed by atoms with Crippen molar-refractivity contribution >= 4 is 18.0 Å². The fourth-order valence-electron chi connectivity index (χ4n) is 6.13. The minimum Gasteiger partial charge on any atom is -0.457 e. The Balaban J connectivity index is 1.48. The number of hydrogen-bond acceptors (Lipinski definition) is 6. The second-order valence-electron chi connectivity index (χ2n) is 9.74. The topological polar surface area (TPSA) is 82.1 Å². The van der Waals surface area contributed by atoms with Crippen molar-refractivity contribution in [2.75, 3.05) is 6.61 Å². The molecule has 5 unspecified atom stereocenters. The maximum atomic E-state index is 12.9. The molecule has 6 nitrogen and oxygen atoms in total. The Kier molecular flexibility index (Phi) is 5.25. The zero-order valence-corrected chi connectivity index (χ0v) is 18.6. The van der Waals surface area contributed by atoms with Crippen LogP contribution >= 0.6 is 0 Å². The van der Waals surface area contributed by atoms with Gasteiger partial charge in [0.25, 0.3) is 0 Å². The Morgan fingerprint density at radius 3 is 2.62 bits per heavy atom. The van der Waals surface area contributed by atoms with Crippen molar-refractivity contribution < 1.29 is 28.9 Å². The lowest BCUT2D eigenvalue weighted by Gasteiger charge is -2.48. The van der Waals surface area contributed by atoms with Gasteiger partial charge in [-0.15, -0.1) is 0 Å². The third-order valence-corrected chi connectivity index (χ3v) is 7.76. The number of aliphatic hydroxyl groups is 1. The van der Waals surface area contributed by atoms with Crippen molar-refractivity contribution in [1.29, 1.82) is 0 Å². The van der Waals surface area contributed by atoms with E-state index in [9.17, 15) is 14.7 Å². The smallest absolute Gasteiger partial charge is 0.332 e. The summed E-state index contributed by atoms with van der Waals surface area (Å²) in [6, 6.07) is 9.64. The number of rotatable bonds is 6. The van der Waals surface area contributed by atoms with Gasteiger partial charge in [0, 0.05) is 18.4 Å². The van der Waals surface area contributed by atoms with Crippen LogP contribution in [0.3, 0.4) is 0 Å². The van der Waals surface area contributed by atoms with E-state index in [1.54, 1.807) is 6.08 Å². The minimum atomic E-state index is -0.692. The highest BCUT2D eigenvalue weighted by molar-refractivity contribution is 5.87. The van der Waals surface area contributed by atoms with Gasteiger partial charge in [-0.05, 0) is 62.7 Å². The third-order valence-electron chi connectivity index (χ3n) is 7.76. The number of ether oxygens (including phenoxy) is 3. The highest BCUT2D eigenvalue weighted by Crippen LogP contribution is 2.65. The number of carbonyl (C=O) groups excluding carboxylic acids is 2. The van der Waals surface area contributed by atoms with Crippen molar-refractivity contribution in [2.24, 2.45) is 11.8 Å². The van der Waals surface area contributed by atoms with Crippen LogP contribution in [0.25, 0.3) is 6.08 Å². The van der Waals surface area contributed by atoms with E-state index in [0.29, 0.717) is 6.42 Å². The molecule has 5 rings (SSSR count). The molecule has 2 aliphatic heterocycles. The Bertz CT molecular complexity index is 977. The van der Waals surface area contributed by atoms with E-state index < -0.39 is 42.0 Å². The lowest BCUT2D eigenvalue weighted by atomic mass is 9.76. The molecule has 0 spiro atoms. The lowest BCUT2D eigenvalue weighted by Crippen LogP contribution is -2.57. The summed E-state index contributed by atoms with van der Waals surface area (Å²) >= 11 is 0. The summed E-state index contributed by atoms with van der Waals surface area (Å²) in [6.07, 6.45) is 6.54. The van der Waals surface area contributed by atoms with Gasteiger partial charge in [0.2, 0.25) is 0 Å². The molecular weight excluding hydrogens is 408 g/mol. The maximum Gasteiger partial charge on any atom is 0.332 e. The lowest BCUT2D eigenvalue weighted by molar-refractivity contribution is -0.217. The van der Waals surface area contributed by atoms with Crippen LogP contribution in [-0.4, -0.2) is 47.1 Å². The Hall–Kier alpha value is -2.44. The molecule has 1 aromatic carbocycles. The molecule has 1 N–H and O–H groups in total. The molecule has 32 heavy (non-hydrogen) atoms. The summed E-state index contributed by atoms with van der Waals surface area (Å²) in [4.78, 5) is 24.9. The highest BCUT2D eigenvalue weighted by Gasteiger charge is 2.72. The summed E-state index contributed by atoms with van der Waals surface area (Å²) in [6.45, 7) is 3.47. The predicted molar refractivity (Wildman–Crippen MR) is 117 cm³/mol. The third kappa shape index (κ3) is 3.41. The Morgan fingerprint density at radius 2 is 1.94 bits per heavy atom. The molecule has 2 heterocycles. The molecule has 3 fully saturated rings. The first kappa shape index (κ1) is 21.4. The van der Waals surface area contributed by atoms with Crippen molar-refractivity contribution in [3.63, 3.8) is 0 Å². The van der Waals surface area contributed by atoms with Gasteiger partial charge in [0.1, 0.15) is 23.9 Å². The molecule has 4 aliphatic rings. The molecular formula is C26H30O6. The van der Waals surface area contributed by atoms with Crippen LogP contribution in [0.2, 0.25) is 0 Å². The number of carbonyl (C=O) groups is 2. The van der Waals surface area contributed by atoms with E-state index in [1.165, 1.54) is 11.6 Å². The normalized spacial score (nSPS) is 35.8. The molecule has 0 amide bonds. The number of aliphatic hydroxyl groups excluding tert-OH is 1. The quantitative estimate of drug-likeness (QED) is 0.415. The summed E-state index contributed by atoms with van der Waals surface area (Å²) in [5.41, 5.74) is 1.95. The first-order valence-electron chi connectivity index (χ1n) is 11.5. The molecule has 2 aliphatic carbocycles. The standard InChI is InChI=1S/C26H30O6/c1-16-8-12-19-23(16)24(31-21(28)13-9-17-6-4-3-5-7-17)26(18-10-11-18)14-20(25(19,2)32-26)30-22(29)15-27/h3-7,9,13,18-20,24,27H,8,10-12,14-15H2,1-2H3/b13-9+. The molecule has 2 saturated heterocycles.